The Morgan fingerprint density at radius 3 is 2.80 bits per heavy atom. The van der Waals surface area contributed by atoms with E-state index in [-0.39, 0.29) is 0 Å². The molecule has 0 amide bonds. The molecule has 2 aliphatic rings. The maximum Gasteiger partial charge on any atom is 0.0513 e. The summed E-state index contributed by atoms with van der Waals surface area (Å²) in [6.45, 7) is 1.05. The summed E-state index contributed by atoms with van der Waals surface area (Å²) in [7, 11) is 0. The fourth-order valence-corrected chi connectivity index (χ4v) is 1.71. The van der Waals surface area contributed by atoms with E-state index in [0.717, 1.165) is 12.6 Å². The fourth-order valence-electron chi connectivity index (χ4n) is 1.34. The molecule has 1 N–H and O–H groups in total. The highest BCUT2D eigenvalue weighted by molar-refractivity contribution is 9.11. The number of halogens is 1. The Morgan fingerprint density at radius 1 is 1.60 bits per heavy atom. The Hall–Kier alpha value is -0.0200. The number of rotatable bonds is 1. The lowest BCUT2D eigenvalue weighted by atomic mass is 9.93. The van der Waals surface area contributed by atoms with Crippen LogP contribution in [0.4, 0.5) is 0 Å². The van der Waals surface area contributed by atoms with E-state index in [1.807, 2.05) is 6.20 Å². The summed E-state index contributed by atoms with van der Waals surface area (Å²) in [6, 6.07) is 0.797. The minimum atomic E-state index is 0.797. The fraction of sp³-hybridized carbons (Fsp3) is 0.714. The number of nitrogens with one attached hydrogen (secondary N) is 1. The van der Waals surface area contributed by atoms with E-state index in [2.05, 4.69) is 26.4 Å². The second-order valence-electron chi connectivity index (χ2n) is 2.93. The third-order valence-electron chi connectivity index (χ3n) is 2.22. The molecule has 0 aromatic carbocycles. The second kappa shape index (κ2) is 2.55. The average Bonchev–Trinajstić information content (AvgIpc) is 2.10. The van der Waals surface area contributed by atoms with Crippen LogP contribution < -0.4 is 5.43 Å². The van der Waals surface area contributed by atoms with Gasteiger partial charge in [-0.05, 0) is 12.8 Å². The van der Waals surface area contributed by atoms with E-state index in [4.69, 9.17) is 0 Å². The molecular formula is C7H11BrN2. The summed E-state index contributed by atoms with van der Waals surface area (Å²) in [4.78, 5) is 0. The molecule has 56 valence electrons. The van der Waals surface area contributed by atoms with Crippen molar-refractivity contribution in [1.82, 2.24) is 10.4 Å². The largest absolute Gasteiger partial charge is 0.325 e. The van der Waals surface area contributed by atoms with Crippen molar-refractivity contribution < 1.29 is 0 Å². The monoisotopic (exact) mass is 202 g/mol. The van der Waals surface area contributed by atoms with E-state index in [1.165, 1.54) is 23.7 Å². The van der Waals surface area contributed by atoms with Crippen molar-refractivity contribution in [3.63, 3.8) is 0 Å². The van der Waals surface area contributed by atoms with Crippen LogP contribution in [0, 0.1) is 0 Å². The van der Waals surface area contributed by atoms with Crippen LogP contribution in [0.5, 0.6) is 0 Å². The van der Waals surface area contributed by atoms with Crippen molar-refractivity contribution in [2.45, 2.75) is 25.3 Å². The van der Waals surface area contributed by atoms with Gasteiger partial charge in [-0.2, -0.15) is 0 Å². The molecule has 0 atom stereocenters. The Bertz CT molecular complexity index is 163. The molecule has 1 aliphatic carbocycles. The van der Waals surface area contributed by atoms with Crippen molar-refractivity contribution in [2.24, 2.45) is 0 Å². The van der Waals surface area contributed by atoms with Gasteiger partial charge in [-0.3, -0.25) is 0 Å². The SMILES string of the molecule is BrC1=CNN(C2CCC2)C1. The summed E-state index contributed by atoms with van der Waals surface area (Å²) >= 11 is 3.46. The molecule has 0 aromatic rings. The van der Waals surface area contributed by atoms with Crippen molar-refractivity contribution >= 4 is 15.9 Å². The highest BCUT2D eigenvalue weighted by Crippen LogP contribution is 2.26. The molecule has 1 aliphatic heterocycles. The third-order valence-corrected chi connectivity index (χ3v) is 2.70. The van der Waals surface area contributed by atoms with Crippen molar-refractivity contribution in [3.8, 4) is 0 Å². The number of hydrazine groups is 1. The molecule has 2 nitrogen and oxygen atoms in total. The van der Waals surface area contributed by atoms with E-state index >= 15 is 0 Å². The van der Waals surface area contributed by atoms with E-state index < -0.39 is 0 Å². The summed E-state index contributed by atoms with van der Waals surface area (Å²) in [5, 5.41) is 2.30. The van der Waals surface area contributed by atoms with Crippen molar-refractivity contribution in [1.29, 1.82) is 0 Å². The predicted molar refractivity (Wildman–Crippen MR) is 44.5 cm³/mol. The van der Waals surface area contributed by atoms with Gasteiger partial charge >= 0.3 is 0 Å². The molecule has 10 heavy (non-hydrogen) atoms. The first-order valence-electron chi connectivity index (χ1n) is 3.73. The molecule has 0 radical (unpaired) electrons. The van der Waals surface area contributed by atoms with Crippen molar-refractivity contribution in [2.75, 3.05) is 6.54 Å². The smallest absolute Gasteiger partial charge is 0.0513 e. The van der Waals surface area contributed by atoms with Crippen LogP contribution in [0.15, 0.2) is 10.7 Å². The zero-order chi connectivity index (χ0) is 6.97. The quantitative estimate of drug-likeness (QED) is 0.696. The normalized spacial score (nSPS) is 27.5. The second-order valence-corrected chi connectivity index (χ2v) is 3.95. The van der Waals surface area contributed by atoms with Crippen LogP contribution in [-0.2, 0) is 0 Å². The maximum atomic E-state index is 3.46. The zero-order valence-electron chi connectivity index (χ0n) is 5.81. The molecule has 1 heterocycles. The summed E-state index contributed by atoms with van der Waals surface area (Å²) in [5.74, 6) is 0. The van der Waals surface area contributed by atoms with Crippen LogP contribution in [-0.4, -0.2) is 17.6 Å². The van der Waals surface area contributed by atoms with Gasteiger partial charge in [0, 0.05) is 16.7 Å². The first-order chi connectivity index (χ1) is 4.86. The van der Waals surface area contributed by atoms with Gasteiger partial charge in [-0.15, -0.1) is 0 Å². The van der Waals surface area contributed by atoms with Gasteiger partial charge in [0.1, 0.15) is 0 Å². The van der Waals surface area contributed by atoms with Crippen molar-refractivity contribution in [3.05, 3.63) is 10.7 Å². The minimum Gasteiger partial charge on any atom is -0.325 e. The Morgan fingerprint density at radius 2 is 2.40 bits per heavy atom. The lowest BCUT2D eigenvalue weighted by Gasteiger charge is -2.34. The number of nitrogens with zero attached hydrogens (tertiary/aromatic N) is 1. The highest BCUT2D eigenvalue weighted by atomic mass is 79.9. The first kappa shape index (κ1) is 6.68. The molecule has 1 saturated carbocycles. The molecule has 0 unspecified atom stereocenters. The molecule has 3 heteroatoms. The van der Waals surface area contributed by atoms with Crippen LogP contribution >= 0.6 is 15.9 Å². The number of hydrogen-bond acceptors (Lipinski definition) is 2. The molecule has 0 bridgehead atoms. The lowest BCUT2D eigenvalue weighted by molar-refractivity contribution is 0.116. The average molecular weight is 203 g/mol. The summed E-state index contributed by atoms with van der Waals surface area (Å²) in [5.41, 5.74) is 3.23. The van der Waals surface area contributed by atoms with Crippen LogP contribution in [0.25, 0.3) is 0 Å². The van der Waals surface area contributed by atoms with Crippen LogP contribution in [0.3, 0.4) is 0 Å². The van der Waals surface area contributed by atoms with Gasteiger partial charge in [-0.1, -0.05) is 22.4 Å². The Kier molecular flexibility index (Phi) is 1.70. The van der Waals surface area contributed by atoms with Gasteiger partial charge in [0.2, 0.25) is 0 Å². The molecule has 0 spiro atoms. The van der Waals surface area contributed by atoms with Gasteiger partial charge in [0.25, 0.3) is 0 Å². The lowest BCUT2D eigenvalue weighted by Crippen LogP contribution is -2.44. The molecular weight excluding hydrogens is 192 g/mol. The van der Waals surface area contributed by atoms with Crippen LogP contribution in [0.2, 0.25) is 0 Å². The Balaban J connectivity index is 1.86. The predicted octanol–water partition coefficient (Wildman–Crippen LogP) is 1.60. The van der Waals surface area contributed by atoms with E-state index in [1.54, 1.807) is 0 Å². The Labute approximate surface area is 69.4 Å². The molecule has 0 aromatic heterocycles. The molecule has 0 saturated heterocycles. The molecule has 2 rings (SSSR count). The summed E-state index contributed by atoms with van der Waals surface area (Å²) in [6.07, 6.45) is 6.15. The third kappa shape index (κ3) is 1.08. The van der Waals surface area contributed by atoms with E-state index in [0.29, 0.717) is 0 Å². The van der Waals surface area contributed by atoms with Gasteiger partial charge in [0.15, 0.2) is 0 Å². The van der Waals surface area contributed by atoms with E-state index in [9.17, 15) is 0 Å². The first-order valence-corrected chi connectivity index (χ1v) is 4.53. The van der Waals surface area contributed by atoms with Gasteiger partial charge in [0.05, 0.1) is 6.54 Å². The zero-order valence-corrected chi connectivity index (χ0v) is 7.39. The standard InChI is InChI=1S/C7H11BrN2/c8-6-4-9-10(5-6)7-2-1-3-7/h4,7,9H,1-3,5H2. The molecule has 1 fully saturated rings. The van der Waals surface area contributed by atoms with Crippen LogP contribution in [0.1, 0.15) is 19.3 Å². The van der Waals surface area contributed by atoms with Gasteiger partial charge < -0.3 is 5.43 Å². The minimum absolute atomic E-state index is 0.797. The maximum absolute atomic E-state index is 3.46. The highest BCUT2D eigenvalue weighted by Gasteiger charge is 2.26. The number of hydrogen-bond donors (Lipinski definition) is 1. The van der Waals surface area contributed by atoms with Gasteiger partial charge in [-0.25, -0.2) is 5.01 Å². The summed E-state index contributed by atoms with van der Waals surface area (Å²) < 4.78 is 1.26. The topological polar surface area (TPSA) is 15.3 Å².